The zero-order valence-corrected chi connectivity index (χ0v) is 11.7. The van der Waals surface area contributed by atoms with Crippen LogP contribution in [-0.2, 0) is 0 Å². The third-order valence-corrected chi connectivity index (χ3v) is 4.19. The van der Waals surface area contributed by atoms with E-state index in [4.69, 9.17) is 23.2 Å². The number of rotatable bonds is 3. The van der Waals surface area contributed by atoms with Crippen molar-refractivity contribution in [3.63, 3.8) is 0 Å². The number of non-ortho nitro benzene ring substituents is 1. The summed E-state index contributed by atoms with van der Waals surface area (Å²) in [6.07, 6.45) is 0. The third-order valence-electron chi connectivity index (χ3n) is 2.23. The summed E-state index contributed by atoms with van der Waals surface area (Å²) in [7, 11) is 0. The first-order chi connectivity index (χ1) is 8.97. The molecule has 0 atom stereocenters. The van der Waals surface area contributed by atoms with Gasteiger partial charge < -0.3 is 5.11 Å². The van der Waals surface area contributed by atoms with E-state index < -0.39 is 4.92 Å². The van der Waals surface area contributed by atoms with Crippen molar-refractivity contribution in [3.05, 3.63) is 56.6 Å². The molecule has 0 aromatic heterocycles. The van der Waals surface area contributed by atoms with Gasteiger partial charge in [0.2, 0.25) is 0 Å². The molecule has 0 saturated carbocycles. The highest BCUT2D eigenvalue weighted by atomic mass is 35.5. The maximum atomic E-state index is 10.7. The molecule has 7 heteroatoms. The second-order valence-electron chi connectivity index (χ2n) is 3.60. The average molecular weight is 316 g/mol. The average Bonchev–Trinajstić information content (AvgIpc) is 2.33. The number of benzene rings is 2. The van der Waals surface area contributed by atoms with E-state index in [1.165, 1.54) is 23.9 Å². The summed E-state index contributed by atoms with van der Waals surface area (Å²) in [5, 5.41) is 20.4. The van der Waals surface area contributed by atoms with Crippen LogP contribution in [0.2, 0.25) is 10.0 Å². The minimum absolute atomic E-state index is 0.124. The molecular formula is C12H7Cl2NO3S. The van der Waals surface area contributed by atoms with Crippen molar-refractivity contribution in [2.75, 3.05) is 0 Å². The van der Waals surface area contributed by atoms with Gasteiger partial charge in [-0.3, -0.25) is 10.1 Å². The van der Waals surface area contributed by atoms with Gasteiger partial charge in [-0.05, 0) is 18.2 Å². The molecule has 0 bridgehead atoms. The fourth-order valence-electron chi connectivity index (χ4n) is 1.41. The van der Waals surface area contributed by atoms with E-state index in [2.05, 4.69) is 0 Å². The molecule has 2 rings (SSSR count). The molecule has 0 spiro atoms. The molecule has 1 N–H and O–H groups in total. The predicted octanol–water partition coefficient (Wildman–Crippen LogP) is 4.76. The fraction of sp³-hybridized carbons (Fsp3) is 0. The summed E-state index contributed by atoms with van der Waals surface area (Å²) in [5.41, 5.74) is -0.157. The lowest BCUT2D eigenvalue weighted by molar-refractivity contribution is -0.384. The van der Waals surface area contributed by atoms with E-state index in [0.29, 0.717) is 4.90 Å². The number of phenolic OH excluding ortho intramolecular Hbond substituents is 1. The van der Waals surface area contributed by atoms with E-state index >= 15 is 0 Å². The Labute approximate surface area is 123 Å². The van der Waals surface area contributed by atoms with Gasteiger partial charge in [-0.1, -0.05) is 41.0 Å². The minimum Gasteiger partial charge on any atom is -0.508 e. The molecule has 0 radical (unpaired) electrons. The monoisotopic (exact) mass is 315 g/mol. The zero-order valence-electron chi connectivity index (χ0n) is 9.34. The van der Waals surface area contributed by atoms with Crippen LogP contribution in [0.5, 0.6) is 5.75 Å². The van der Waals surface area contributed by atoms with Crippen LogP contribution >= 0.6 is 35.0 Å². The Morgan fingerprint density at radius 2 is 1.79 bits per heavy atom. The molecule has 19 heavy (non-hydrogen) atoms. The molecule has 0 heterocycles. The minimum atomic E-state index is -0.555. The van der Waals surface area contributed by atoms with Crippen molar-refractivity contribution in [3.8, 4) is 5.75 Å². The molecule has 0 saturated heterocycles. The summed E-state index contributed by atoms with van der Waals surface area (Å²) < 4.78 is 0. The standard InChI is InChI=1S/C12H7Cl2NO3S/c13-10-4-7(15(17)18)5-11(14)12(10)19-9-3-1-2-8(16)6-9/h1-6,16H. The van der Waals surface area contributed by atoms with Crippen molar-refractivity contribution in [2.45, 2.75) is 9.79 Å². The number of nitrogens with zero attached hydrogens (tertiary/aromatic N) is 1. The molecule has 0 amide bonds. The molecule has 98 valence electrons. The second kappa shape index (κ2) is 5.69. The van der Waals surface area contributed by atoms with Crippen LogP contribution in [0.15, 0.2) is 46.2 Å². The lowest BCUT2D eigenvalue weighted by Crippen LogP contribution is -1.89. The number of phenols is 1. The number of aromatic hydroxyl groups is 1. The Kier molecular flexibility index (Phi) is 4.19. The van der Waals surface area contributed by atoms with Crippen LogP contribution in [0, 0.1) is 10.1 Å². The Balaban J connectivity index is 2.38. The van der Waals surface area contributed by atoms with Gasteiger partial charge in [0.1, 0.15) is 5.75 Å². The van der Waals surface area contributed by atoms with Crippen LogP contribution in [-0.4, -0.2) is 10.0 Å². The van der Waals surface area contributed by atoms with Gasteiger partial charge in [-0.2, -0.15) is 0 Å². The topological polar surface area (TPSA) is 63.4 Å². The highest BCUT2D eigenvalue weighted by Crippen LogP contribution is 2.41. The first kappa shape index (κ1) is 14.0. The first-order valence-corrected chi connectivity index (χ1v) is 6.65. The Morgan fingerprint density at radius 3 is 2.32 bits per heavy atom. The Bertz CT molecular complexity index is 626. The van der Waals surface area contributed by atoms with Gasteiger partial charge in [0.05, 0.1) is 15.0 Å². The maximum absolute atomic E-state index is 10.7. The zero-order chi connectivity index (χ0) is 14.0. The van der Waals surface area contributed by atoms with Gasteiger partial charge in [0.25, 0.3) is 5.69 Å². The van der Waals surface area contributed by atoms with Gasteiger partial charge in [-0.15, -0.1) is 0 Å². The molecule has 0 aliphatic carbocycles. The Morgan fingerprint density at radius 1 is 1.16 bits per heavy atom. The number of nitro groups is 1. The molecule has 0 unspecified atom stereocenters. The lowest BCUT2D eigenvalue weighted by atomic mass is 10.3. The quantitative estimate of drug-likeness (QED) is 0.655. The molecule has 0 aliphatic heterocycles. The van der Waals surface area contributed by atoms with Crippen LogP contribution < -0.4 is 0 Å². The number of hydrogen-bond donors (Lipinski definition) is 1. The van der Waals surface area contributed by atoms with Crippen molar-refractivity contribution in [1.82, 2.24) is 0 Å². The number of hydrogen-bond acceptors (Lipinski definition) is 4. The summed E-state index contributed by atoms with van der Waals surface area (Å²) in [6, 6.07) is 9.06. The fourth-order valence-corrected chi connectivity index (χ4v) is 3.00. The SMILES string of the molecule is O=[N+]([O-])c1cc(Cl)c(Sc2cccc(O)c2)c(Cl)c1. The predicted molar refractivity (Wildman–Crippen MR) is 75.3 cm³/mol. The van der Waals surface area contributed by atoms with Gasteiger partial charge in [0, 0.05) is 21.9 Å². The van der Waals surface area contributed by atoms with Crippen molar-refractivity contribution in [1.29, 1.82) is 0 Å². The second-order valence-corrected chi connectivity index (χ2v) is 5.49. The Hall–Kier alpha value is -1.43. The van der Waals surface area contributed by atoms with Crippen LogP contribution in [0.1, 0.15) is 0 Å². The summed E-state index contributed by atoms with van der Waals surface area (Å²) in [6.45, 7) is 0. The van der Waals surface area contributed by atoms with Gasteiger partial charge >= 0.3 is 0 Å². The van der Waals surface area contributed by atoms with E-state index in [1.807, 2.05) is 0 Å². The number of nitro benzene ring substituents is 1. The third kappa shape index (κ3) is 3.32. The highest BCUT2D eigenvalue weighted by molar-refractivity contribution is 7.99. The molecule has 4 nitrogen and oxygen atoms in total. The summed E-state index contributed by atoms with van der Waals surface area (Å²) in [5.74, 6) is 0.124. The van der Waals surface area contributed by atoms with Gasteiger partial charge in [-0.25, -0.2) is 0 Å². The van der Waals surface area contributed by atoms with E-state index in [1.54, 1.807) is 24.3 Å². The molecule has 2 aromatic carbocycles. The molecule has 0 fully saturated rings. The molecular weight excluding hydrogens is 309 g/mol. The van der Waals surface area contributed by atoms with Crippen molar-refractivity contribution < 1.29 is 10.0 Å². The largest absolute Gasteiger partial charge is 0.508 e. The lowest BCUT2D eigenvalue weighted by Gasteiger charge is -2.07. The van der Waals surface area contributed by atoms with Crippen LogP contribution in [0.25, 0.3) is 0 Å². The van der Waals surface area contributed by atoms with Crippen molar-refractivity contribution >= 4 is 40.7 Å². The van der Waals surface area contributed by atoms with E-state index in [-0.39, 0.29) is 21.5 Å². The smallest absolute Gasteiger partial charge is 0.272 e. The van der Waals surface area contributed by atoms with Gasteiger partial charge in [0.15, 0.2) is 0 Å². The molecule has 0 aliphatic rings. The highest BCUT2D eigenvalue weighted by Gasteiger charge is 2.15. The maximum Gasteiger partial charge on any atom is 0.272 e. The van der Waals surface area contributed by atoms with Crippen LogP contribution in [0.3, 0.4) is 0 Å². The summed E-state index contributed by atoms with van der Waals surface area (Å²) >= 11 is 13.2. The van der Waals surface area contributed by atoms with E-state index in [9.17, 15) is 15.2 Å². The summed E-state index contributed by atoms with van der Waals surface area (Å²) in [4.78, 5) is 11.4. The van der Waals surface area contributed by atoms with Crippen molar-refractivity contribution in [2.24, 2.45) is 0 Å². The molecule has 2 aromatic rings. The normalized spacial score (nSPS) is 10.4. The van der Waals surface area contributed by atoms with E-state index in [0.717, 1.165) is 4.90 Å². The van der Waals surface area contributed by atoms with Crippen LogP contribution in [0.4, 0.5) is 5.69 Å². The first-order valence-electron chi connectivity index (χ1n) is 5.07. The number of halogens is 2.